The molecule has 0 aliphatic rings. The van der Waals surface area contributed by atoms with Gasteiger partial charge in [0.25, 0.3) is 0 Å². The molecule has 0 bridgehead atoms. The number of rotatable bonds is 8. The number of benzene rings is 6. The Morgan fingerprint density at radius 2 is 1.15 bits per heavy atom. The molecule has 1 N–H and O–H groups in total. The highest BCUT2D eigenvalue weighted by Gasteiger charge is 2.26. The summed E-state index contributed by atoms with van der Waals surface area (Å²) in [6.45, 7) is 26.2. The van der Waals surface area contributed by atoms with Crippen LogP contribution < -0.4 is 0 Å². The second-order valence-corrected chi connectivity index (χ2v) is 21.7. The fourth-order valence-electron chi connectivity index (χ4n) is 8.72. The highest BCUT2D eigenvalue weighted by Crippen LogP contribution is 2.43. The van der Waals surface area contributed by atoms with Crippen molar-refractivity contribution in [3.05, 3.63) is 166 Å². The number of pyridine rings is 1. The summed E-state index contributed by atoms with van der Waals surface area (Å²) in [7, 11) is 0. The quantitative estimate of drug-likeness (QED) is 0.165. The maximum Gasteiger partial charge on any atom is 0.149 e. The van der Waals surface area contributed by atoms with Crippen molar-refractivity contribution >= 4 is 11.0 Å². The van der Waals surface area contributed by atoms with Crippen molar-refractivity contribution in [3.63, 3.8) is 0 Å². The Labute approximate surface area is 401 Å². The van der Waals surface area contributed by atoms with E-state index in [1.54, 1.807) is 6.07 Å². The lowest BCUT2D eigenvalue weighted by atomic mass is 9.83. The van der Waals surface area contributed by atoms with Gasteiger partial charge in [-0.3, -0.25) is 9.55 Å². The second kappa shape index (κ2) is 17.2. The van der Waals surface area contributed by atoms with Crippen LogP contribution in [0.2, 0.25) is 0 Å². The molecule has 0 amide bonds. The second-order valence-electron chi connectivity index (χ2n) is 21.7. The molecule has 8 rings (SSSR count). The van der Waals surface area contributed by atoms with Gasteiger partial charge >= 0.3 is 0 Å². The number of aromatic hydroxyl groups is 1. The monoisotopic (exact) mass is 877 g/mol. The number of phenols is 1. The summed E-state index contributed by atoms with van der Waals surface area (Å²) in [4.78, 5) is 10.4. The first kappa shape index (κ1) is 40.1. The van der Waals surface area contributed by atoms with Crippen molar-refractivity contribution in [2.45, 2.75) is 132 Å². The van der Waals surface area contributed by atoms with Crippen LogP contribution in [-0.4, -0.2) is 19.6 Å². The minimum Gasteiger partial charge on any atom is -0.507 e. The van der Waals surface area contributed by atoms with E-state index in [1.165, 1.54) is 5.56 Å². The molecule has 0 aliphatic carbocycles. The summed E-state index contributed by atoms with van der Waals surface area (Å²) >= 11 is 0. The van der Waals surface area contributed by atoms with E-state index in [9.17, 15) is 5.11 Å². The molecule has 4 nitrogen and oxygen atoms in total. The van der Waals surface area contributed by atoms with Gasteiger partial charge in [0, 0.05) is 24.2 Å². The zero-order valence-corrected chi connectivity index (χ0v) is 41.4. The Balaban J connectivity index is 1.40. The molecule has 338 valence electrons. The number of nitrogens with zero attached hydrogens (tertiary/aromatic N) is 3. The Kier molecular flexibility index (Phi) is 10.4. The molecular weight excluding hydrogens is 803 g/mol. The third kappa shape index (κ3) is 9.12. The van der Waals surface area contributed by atoms with Crippen LogP contribution in [0.3, 0.4) is 0 Å². The number of hydrogen-bond donors (Lipinski definition) is 1. The van der Waals surface area contributed by atoms with E-state index in [0.717, 1.165) is 61.3 Å². The molecule has 0 saturated carbocycles. The summed E-state index contributed by atoms with van der Waals surface area (Å²) in [6, 6.07) is 40.8. The normalized spacial score (nSPS) is 14.1. The van der Waals surface area contributed by atoms with Gasteiger partial charge in [0.1, 0.15) is 11.6 Å². The van der Waals surface area contributed by atoms with Crippen molar-refractivity contribution in [1.29, 1.82) is 0 Å². The van der Waals surface area contributed by atoms with Crippen LogP contribution in [0.1, 0.15) is 148 Å². The lowest BCUT2D eigenvalue weighted by molar-refractivity contribution is 0.471. The topological polar surface area (TPSA) is 50.9 Å². The Morgan fingerprint density at radius 3 is 1.77 bits per heavy atom. The zero-order chi connectivity index (χ0) is 52.0. The number of phenolic OH excluding ortho intramolecular Hbond substituents is 1. The van der Waals surface area contributed by atoms with Gasteiger partial charge in [0.05, 0.1) is 28.0 Å². The van der Waals surface area contributed by atoms with Crippen molar-refractivity contribution in [1.82, 2.24) is 14.5 Å². The van der Waals surface area contributed by atoms with Crippen LogP contribution in [0.5, 0.6) is 5.75 Å². The standard InChI is InChI=1S/C62H69N3O/c1-37(2)44-29-45(38(3)4)31-46(30-44)42-21-24-55(39(5)27-42)65-56-18-16-17-52(57(56)64-59(65)53-36-50(61(10,11)12)28-40(6)58(53)66)47-32-48(34-51(33-47)62(13,14)15)54-35-43(25-26-63-54)41-19-22-49(23-20-41)60(7,8)9/h16-38,66H,1-15H3/i5D3,37D,38D. The summed E-state index contributed by atoms with van der Waals surface area (Å²) in [5.74, 6) is -1.44. The molecule has 0 aliphatic heterocycles. The molecule has 0 atom stereocenters. The first-order chi connectivity index (χ1) is 32.8. The molecule has 2 heterocycles. The minimum atomic E-state index is -2.59. The SMILES string of the molecule is [2H]C([2H])([2H])c1cc(-c2cc(C([2H])(C)C)cc(C([2H])(C)C)c2)ccc1-n1c(-c2cc(C(C)(C)C)cc(C)c2O)nc2c(-c3cc(-c4cc(-c5ccc(C(C)(C)C)cc5)ccn4)cc(C(C)(C)C)c3)cccc21. The average Bonchev–Trinajstić information content (AvgIpc) is 3.67. The first-order valence-electron chi connectivity index (χ1n) is 25.7. The molecule has 6 aromatic carbocycles. The summed E-state index contributed by atoms with van der Waals surface area (Å²) in [6.07, 6.45) is 1.87. The fraction of sp³-hybridized carbons (Fsp3) is 0.323. The number of fused-ring (bicyclic) bond motifs is 1. The van der Waals surface area contributed by atoms with Crippen LogP contribution >= 0.6 is 0 Å². The molecule has 66 heavy (non-hydrogen) atoms. The molecule has 4 heteroatoms. The van der Waals surface area contributed by atoms with E-state index in [-0.39, 0.29) is 27.6 Å². The van der Waals surface area contributed by atoms with Gasteiger partial charge in [-0.1, -0.05) is 163 Å². The smallest absolute Gasteiger partial charge is 0.149 e. The summed E-state index contributed by atoms with van der Waals surface area (Å²) in [5, 5.41) is 12.1. The van der Waals surface area contributed by atoms with Crippen LogP contribution in [0.25, 0.3) is 72.7 Å². The highest BCUT2D eigenvalue weighted by atomic mass is 16.3. The van der Waals surface area contributed by atoms with Gasteiger partial charge in [-0.05, 0) is 157 Å². The molecule has 0 fully saturated rings. The van der Waals surface area contributed by atoms with Gasteiger partial charge in [-0.25, -0.2) is 4.98 Å². The highest BCUT2D eigenvalue weighted by molar-refractivity contribution is 5.97. The van der Waals surface area contributed by atoms with Crippen LogP contribution in [0.4, 0.5) is 0 Å². The van der Waals surface area contributed by atoms with Crippen molar-refractivity contribution in [3.8, 4) is 67.5 Å². The third-order valence-electron chi connectivity index (χ3n) is 13.0. The largest absolute Gasteiger partial charge is 0.507 e. The van der Waals surface area contributed by atoms with Crippen LogP contribution in [-0.2, 0) is 16.2 Å². The predicted molar refractivity (Wildman–Crippen MR) is 281 cm³/mol. The van der Waals surface area contributed by atoms with Gasteiger partial charge < -0.3 is 5.11 Å². The molecule has 0 spiro atoms. The Morgan fingerprint density at radius 1 is 0.545 bits per heavy atom. The van der Waals surface area contributed by atoms with Gasteiger partial charge in [0.15, 0.2) is 0 Å². The minimum absolute atomic E-state index is 0.0444. The van der Waals surface area contributed by atoms with Crippen LogP contribution in [0.15, 0.2) is 128 Å². The number of aromatic nitrogens is 3. The van der Waals surface area contributed by atoms with Crippen molar-refractivity contribution < 1.29 is 12.0 Å². The molecule has 2 aromatic heterocycles. The lowest BCUT2D eigenvalue weighted by Gasteiger charge is -2.22. The first-order valence-corrected chi connectivity index (χ1v) is 23.2. The van der Waals surface area contributed by atoms with E-state index in [0.29, 0.717) is 39.2 Å². The molecule has 0 unspecified atom stereocenters. The van der Waals surface area contributed by atoms with E-state index in [1.807, 2.05) is 100.0 Å². The van der Waals surface area contributed by atoms with E-state index in [4.69, 9.17) is 16.8 Å². The maximum absolute atomic E-state index is 12.1. The van der Waals surface area contributed by atoms with E-state index < -0.39 is 18.6 Å². The Hall–Kier alpha value is -6.26. The number of hydrogen-bond acceptors (Lipinski definition) is 3. The predicted octanol–water partition coefficient (Wildman–Crippen LogP) is 17.2. The average molecular weight is 877 g/mol. The zero-order valence-electron chi connectivity index (χ0n) is 46.4. The maximum atomic E-state index is 12.1. The summed E-state index contributed by atoms with van der Waals surface area (Å²) < 4.78 is 47.0. The van der Waals surface area contributed by atoms with Crippen molar-refractivity contribution in [2.24, 2.45) is 0 Å². The lowest BCUT2D eigenvalue weighted by Crippen LogP contribution is -2.12. The van der Waals surface area contributed by atoms with Gasteiger partial charge in [0.2, 0.25) is 0 Å². The van der Waals surface area contributed by atoms with E-state index >= 15 is 0 Å². The molecule has 0 saturated heterocycles. The molecule has 8 aromatic rings. The number of imidazole rings is 1. The fourth-order valence-corrected chi connectivity index (χ4v) is 8.72. The number of para-hydroxylation sites is 1. The third-order valence-corrected chi connectivity index (χ3v) is 13.0. The van der Waals surface area contributed by atoms with Crippen molar-refractivity contribution in [2.75, 3.05) is 0 Å². The van der Waals surface area contributed by atoms with E-state index in [2.05, 4.69) is 123 Å². The molecular formula is C62H69N3O. The summed E-state index contributed by atoms with van der Waals surface area (Å²) in [5.41, 5.74) is 14.5. The number of aryl methyl sites for hydroxylation is 2. The van der Waals surface area contributed by atoms with Crippen LogP contribution in [0, 0.1) is 13.8 Å². The Bertz CT molecular complexity index is 3290. The van der Waals surface area contributed by atoms with Gasteiger partial charge in [-0.2, -0.15) is 0 Å². The van der Waals surface area contributed by atoms with Gasteiger partial charge in [-0.15, -0.1) is 0 Å². The molecule has 0 radical (unpaired) electrons.